The third-order valence-electron chi connectivity index (χ3n) is 2.96. The van der Waals surface area contributed by atoms with E-state index in [9.17, 15) is 4.79 Å². The van der Waals surface area contributed by atoms with Crippen molar-refractivity contribution < 1.29 is 4.58 Å². The summed E-state index contributed by atoms with van der Waals surface area (Å²) in [4.78, 5) is 11.5. The van der Waals surface area contributed by atoms with E-state index in [4.69, 9.17) is 0 Å². The highest BCUT2D eigenvalue weighted by Gasteiger charge is 2.10. The Morgan fingerprint density at radius 2 is 1.89 bits per heavy atom. The van der Waals surface area contributed by atoms with Gasteiger partial charge in [0.05, 0.1) is 13.1 Å². The maximum absolute atomic E-state index is 11.5. The van der Waals surface area contributed by atoms with E-state index in [0.717, 1.165) is 37.6 Å². The summed E-state index contributed by atoms with van der Waals surface area (Å²) < 4.78 is 3.94. The molecule has 0 radical (unpaired) electrons. The predicted octanol–water partition coefficient (Wildman–Crippen LogP) is 2.05. The van der Waals surface area contributed by atoms with Gasteiger partial charge in [-0.2, -0.15) is 0 Å². The average molecular weight is 250 g/mol. The van der Waals surface area contributed by atoms with Gasteiger partial charge in [-0.05, 0) is 12.8 Å². The highest BCUT2D eigenvalue weighted by Crippen LogP contribution is 2.02. The van der Waals surface area contributed by atoms with Gasteiger partial charge in [-0.25, -0.2) is 5.32 Å². The second kappa shape index (κ2) is 6.99. The van der Waals surface area contributed by atoms with Gasteiger partial charge in [0, 0.05) is 26.1 Å². The highest BCUT2D eigenvalue weighted by atomic mass is 16.1. The SMILES string of the molecule is CCC[N+](CCC)=C(C)Nc1cccc(=O)n1C. The van der Waals surface area contributed by atoms with Crippen LogP contribution < -0.4 is 10.9 Å². The fourth-order valence-electron chi connectivity index (χ4n) is 1.94. The number of anilines is 1. The van der Waals surface area contributed by atoms with E-state index in [-0.39, 0.29) is 5.56 Å². The van der Waals surface area contributed by atoms with Crippen molar-refractivity contribution in [1.82, 2.24) is 4.57 Å². The lowest BCUT2D eigenvalue weighted by atomic mass is 10.4. The standard InChI is InChI=1S/C14H23N3O/c1-5-10-17(11-6-2)12(3)15-13-8-7-9-14(18)16(13)4/h7-9H,5-6,10-11H2,1-4H3/p+1. The maximum Gasteiger partial charge on any atom is 0.253 e. The number of hydrogen-bond acceptors (Lipinski definition) is 1. The summed E-state index contributed by atoms with van der Waals surface area (Å²) in [6, 6.07) is 5.26. The number of amidine groups is 1. The molecule has 0 aliphatic rings. The fourth-order valence-corrected chi connectivity index (χ4v) is 1.94. The smallest absolute Gasteiger partial charge is 0.253 e. The molecule has 0 saturated heterocycles. The van der Waals surface area contributed by atoms with E-state index in [1.165, 1.54) is 0 Å². The van der Waals surface area contributed by atoms with Crippen LogP contribution in [0.25, 0.3) is 0 Å². The van der Waals surface area contributed by atoms with E-state index < -0.39 is 0 Å². The minimum Gasteiger partial charge on any atom is -0.279 e. The van der Waals surface area contributed by atoms with Crippen molar-refractivity contribution in [3.05, 3.63) is 28.6 Å². The first-order valence-electron chi connectivity index (χ1n) is 6.61. The van der Waals surface area contributed by atoms with Gasteiger partial charge in [-0.15, -0.1) is 0 Å². The average Bonchev–Trinajstić information content (AvgIpc) is 2.34. The minimum absolute atomic E-state index is 0.00494. The number of nitrogens with one attached hydrogen (secondary N) is 1. The Kier molecular flexibility index (Phi) is 5.62. The summed E-state index contributed by atoms with van der Waals surface area (Å²) in [7, 11) is 1.78. The van der Waals surface area contributed by atoms with Crippen LogP contribution in [0.1, 0.15) is 33.6 Å². The third-order valence-corrected chi connectivity index (χ3v) is 2.96. The lowest BCUT2D eigenvalue weighted by Crippen LogP contribution is -2.29. The van der Waals surface area contributed by atoms with Gasteiger partial charge in [-0.3, -0.25) is 13.9 Å². The molecule has 4 nitrogen and oxygen atoms in total. The third kappa shape index (κ3) is 3.72. The molecule has 0 spiro atoms. The minimum atomic E-state index is 0.00494. The van der Waals surface area contributed by atoms with Crippen molar-refractivity contribution in [3.8, 4) is 0 Å². The van der Waals surface area contributed by atoms with Gasteiger partial charge in [0.15, 0.2) is 0 Å². The molecule has 0 atom stereocenters. The molecule has 0 aliphatic heterocycles. The quantitative estimate of drug-likeness (QED) is 0.493. The number of aromatic nitrogens is 1. The van der Waals surface area contributed by atoms with E-state index >= 15 is 0 Å². The summed E-state index contributed by atoms with van der Waals surface area (Å²) in [5.41, 5.74) is 0.00494. The molecule has 0 aromatic carbocycles. The van der Waals surface area contributed by atoms with E-state index in [1.54, 1.807) is 23.7 Å². The number of nitrogens with zero attached hydrogens (tertiary/aromatic N) is 2. The van der Waals surface area contributed by atoms with Crippen LogP contribution in [0.2, 0.25) is 0 Å². The lowest BCUT2D eigenvalue weighted by Gasteiger charge is -2.10. The van der Waals surface area contributed by atoms with Crippen LogP contribution in [-0.4, -0.2) is 28.1 Å². The Hall–Kier alpha value is -1.58. The molecule has 18 heavy (non-hydrogen) atoms. The summed E-state index contributed by atoms with van der Waals surface area (Å²) >= 11 is 0. The predicted molar refractivity (Wildman–Crippen MR) is 76.6 cm³/mol. The molecule has 100 valence electrons. The van der Waals surface area contributed by atoms with Crippen molar-refractivity contribution in [2.45, 2.75) is 33.6 Å². The van der Waals surface area contributed by atoms with Gasteiger partial charge in [0.25, 0.3) is 5.56 Å². The van der Waals surface area contributed by atoms with Crippen molar-refractivity contribution >= 4 is 11.7 Å². The molecule has 0 fully saturated rings. The van der Waals surface area contributed by atoms with Crippen molar-refractivity contribution in [2.75, 3.05) is 18.4 Å². The molecular weight excluding hydrogens is 226 g/mol. The molecule has 1 aromatic heterocycles. The van der Waals surface area contributed by atoms with Crippen molar-refractivity contribution in [1.29, 1.82) is 0 Å². The molecule has 1 N–H and O–H groups in total. The largest absolute Gasteiger partial charge is 0.279 e. The molecule has 0 amide bonds. The van der Waals surface area contributed by atoms with Crippen LogP contribution in [0.5, 0.6) is 0 Å². The Morgan fingerprint density at radius 3 is 2.44 bits per heavy atom. The molecule has 4 heteroatoms. The first kappa shape index (κ1) is 14.5. The second-order valence-corrected chi connectivity index (χ2v) is 4.51. The van der Waals surface area contributed by atoms with Gasteiger partial charge < -0.3 is 0 Å². The summed E-state index contributed by atoms with van der Waals surface area (Å²) in [6.45, 7) is 8.48. The van der Waals surface area contributed by atoms with Gasteiger partial charge in [0.1, 0.15) is 0 Å². The summed E-state index contributed by atoms with van der Waals surface area (Å²) in [5, 5.41) is 3.33. The van der Waals surface area contributed by atoms with Crippen LogP contribution in [0.4, 0.5) is 5.82 Å². The number of rotatable bonds is 5. The van der Waals surface area contributed by atoms with Crippen LogP contribution in [0.15, 0.2) is 23.0 Å². The van der Waals surface area contributed by atoms with Crippen molar-refractivity contribution in [2.24, 2.45) is 7.05 Å². The molecule has 0 unspecified atom stereocenters. The molecule has 1 aromatic rings. The van der Waals surface area contributed by atoms with Crippen LogP contribution in [-0.2, 0) is 7.05 Å². The van der Waals surface area contributed by atoms with Crippen LogP contribution >= 0.6 is 0 Å². The molecule has 0 aliphatic carbocycles. The lowest BCUT2D eigenvalue weighted by molar-refractivity contribution is -0.528. The molecular formula is C14H24N3O+. The number of hydrogen-bond donors (Lipinski definition) is 1. The Morgan fingerprint density at radius 1 is 1.28 bits per heavy atom. The monoisotopic (exact) mass is 250 g/mol. The Balaban J connectivity index is 2.96. The molecule has 0 saturated carbocycles. The maximum atomic E-state index is 11.5. The highest BCUT2D eigenvalue weighted by molar-refractivity contribution is 5.88. The van der Waals surface area contributed by atoms with Crippen LogP contribution in [0, 0.1) is 0 Å². The van der Waals surface area contributed by atoms with Gasteiger partial charge >= 0.3 is 0 Å². The van der Waals surface area contributed by atoms with E-state index in [0.29, 0.717) is 0 Å². The second-order valence-electron chi connectivity index (χ2n) is 4.51. The van der Waals surface area contributed by atoms with E-state index in [2.05, 4.69) is 30.7 Å². The summed E-state index contributed by atoms with van der Waals surface area (Å²) in [6.07, 6.45) is 2.24. The first-order valence-corrected chi connectivity index (χ1v) is 6.61. The zero-order valence-corrected chi connectivity index (χ0v) is 11.9. The zero-order chi connectivity index (χ0) is 13.5. The normalized spacial score (nSPS) is 10.2. The van der Waals surface area contributed by atoms with Crippen LogP contribution in [0.3, 0.4) is 0 Å². The number of pyridine rings is 1. The molecule has 1 heterocycles. The van der Waals surface area contributed by atoms with E-state index in [1.807, 2.05) is 6.07 Å². The zero-order valence-electron chi connectivity index (χ0n) is 11.9. The van der Waals surface area contributed by atoms with Gasteiger partial charge in [-0.1, -0.05) is 19.9 Å². The first-order chi connectivity index (χ1) is 8.60. The topological polar surface area (TPSA) is 37.0 Å². The fraction of sp³-hybridized carbons (Fsp3) is 0.571. The van der Waals surface area contributed by atoms with Gasteiger partial charge in [0.2, 0.25) is 11.7 Å². The Labute approximate surface area is 109 Å². The summed E-state index contributed by atoms with van der Waals surface area (Å²) in [5.74, 6) is 1.93. The molecule has 1 rings (SSSR count). The molecule has 0 bridgehead atoms. The van der Waals surface area contributed by atoms with Crippen molar-refractivity contribution in [3.63, 3.8) is 0 Å². The Bertz CT molecular complexity index is 466.